The van der Waals surface area contributed by atoms with Gasteiger partial charge in [0.15, 0.2) is 5.82 Å². The molecule has 1 saturated heterocycles. The zero-order chi connectivity index (χ0) is 23.0. The third-order valence-electron chi connectivity index (χ3n) is 5.87. The predicted octanol–water partition coefficient (Wildman–Crippen LogP) is 2.32. The average molecular weight is 437 g/mol. The molecule has 1 aromatic heterocycles. The fraction of sp³-hybridized carbons (Fsp3) is 0.348. The second-order valence-corrected chi connectivity index (χ2v) is 8.44. The normalized spacial score (nSPS) is 14.8. The number of anilines is 1. The third-order valence-corrected chi connectivity index (χ3v) is 5.87. The number of phenolic OH excluding ortho intramolecular Hbond substituents is 2. The van der Waals surface area contributed by atoms with Gasteiger partial charge in [-0.2, -0.15) is 0 Å². The molecule has 4 N–H and O–H groups in total. The van der Waals surface area contributed by atoms with E-state index < -0.39 is 5.91 Å². The van der Waals surface area contributed by atoms with Gasteiger partial charge in [-0.05, 0) is 48.9 Å². The fourth-order valence-electron chi connectivity index (χ4n) is 3.98. The SMILES string of the molecule is CC(C)c1cc(-c2nnc(C(N)=O)n2-c2ccc(N3CCN(C)CC3)cc2)c(O)cc1O. The van der Waals surface area contributed by atoms with E-state index in [9.17, 15) is 15.0 Å². The number of phenols is 2. The molecule has 0 radical (unpaired) electrons. The summed E-state index contributed by atoms with van der Waals surface area (Å²) in [4.78, 5) is 16.7. The Balaban J connectivity index is 1.78. The Labute approximate surface area is 186 Å². The van der Waals surface area contributed by atoms with Crippen molar-refractivity contribution < 1.29 is 15.0 Å². The highest BCUT2D eigenvalue weighted by atomic mass is 16.3. The van der Waals surface area contributed by atoms with Crippen molar-refractivity contribution in [3.05, 3.63) is 47.8 Å². The summed E-state index contributed by atoms with van der Waals surface area (Å²) >= 11 is 0. The zero-order valence-electron chi connectivity index (χ0n) is 18.5. The van der Waals surface area contributed by atoms with Gasteiger partial charge in [-0.15, -0.1) is 10.2 Å². The van der Waals surface area contributed by atoms with Crippen LogP contribution in [0.5, 0.6) is 11.5 Å². The number of amides is 1. The summed E-state index contributed by atoms with van der Waals surface area (Å²) < 4.78 is 1.53. The molecule has 2 aromatic carbocycles. The van der Waals surface area contributed by atoms with Crippen LogP contribution in [0.3, 0.4) is 0 Å². The van der Waals surface area contributed by atoms with Gasteiger partial charge in [0.25, 0.3) is 5.91 Å². The van der Waals surface area contributed by atoms with Gasteiger partial charge in [-0.1, -0.05) is 13.8 Å². The van der Waals surface area contributed by atoms with Crippen molar-refractivity contribution in [3.63, 3.8) is 0 Å². The summed E-state index contributed by atoms with van der Waals surface area (Å²) in [7, 11) is 2.11. The number of benzene rings is 2. The van der Waals surface area contributed by atoms with Crippen LogP contribution in [0.2, 0.25) is 0 Å². The lowest BCUT2D eigenvalue weighted by Crippen LogP contribution is -2.44. The molecule has 0 bridgehead atoms. The molecule has 168 valence electrons. The van der Waals surface area contributed by atoms with Gasteiger partial charge in [0, 0.05) is 43.6 Å². The lowest BCUT2D eigenvalue weighted by Gasteiger charge is -2.34. The van der Waals surface area contributed by atoms with Gasteiger partial charge in [0.1, 0.15) is 11.5 Å². The number of likely N-dealkylation sites (N-methyl/N-ethyl adjacent to an activating group) is 1. The number of nitrogens with two attached hydrogens (primary N) is 1. The molecule has 0 saturated carbocycles. The summed E-state index contributed by atoms with van der Waals surface area (Å²) in [5, 5.41) is 28.9. The van der Waals surface area contributed by atoms with Crippen LogP contribution in [0.1, 0.15) is 35.9 Å². The Morgan fingerprint density at radius 3 is 2.19 bits per heavy atom. The highest BCUT2D eigenvalue weighted by molar-refractivity contribution is 5.91. The van der Waals surface area contributed by atoms with Gasteiger partial charge in [0.2, 0.25) is 5.82 Å². The quantitative estimate of drug-likeness (QED) is 0.561. The minimum Gasteiger partial charge on any atom is -0.508 e. The van der Waals surface area contributed by atoms with Crippen molar-refractivity contribution in [3.8, 4) is 28.6 Å². The van der Waals surface area contributed by atoms with Crippen molar-refractivity contribution >= 4 is 11.6 Å². The monoisotopic (exact) mass is 436 g/mol. The van der Waals surface area contributed by atoms with Crippen molar-refractivity contribution in [1.29, 1.82) is 0 Å². The Morgan fingerprint density at radius 2 is 1.59 bits per heavy atom. The number of aromatic hydroxyl groups is 2. The van der Waals surface area contributed by atoms with E-state index in [1.165, 1.54) is 10.6 Å². The molecule has 0 atom stereocenters. The highest BCUT2D eigenvalue weighted by Crippen LogP contribution is 2.38. The van der Waals surface area contributed by atoms with Gasteiger partial charge in [-0.3, -0.25) is 9.36 Å². The second kappa shape index (κ2) is 8.51. The van der Waals surface area contributed by atoms with Crippen molar-refractivity contribution in [1.82, 2.24) is 19.7 Å². The number of carbonyl (C=O) groups is 1. The molecule has 1 amide bonds. The van der Waals surface area contributed by atoms with E-state index in [4.69, 9.17) is 5.73 Å². The van der Waals surface area contributed by atoms with Crippen LogP contribution in [0, 0.1) is 0 Å². The molecule has 4 rings (SSSR count). The van der Waals surface area contributed by atoms with E-state index in [0.29, 0.717) is 16.8 Å². The first-order valence-electron chi connectivity index (χ1n) is 10.6. The first kappa shape index (κ1) is 21.6. The maximum absolute atomic E-state index is 12.1. The third kappa shape index (κ3) is 3.99. The van der Waals surface area contributed by atoms with Gasteiger partial charge in [0.05, 0.1) is 5.56 Å². The molecule has 0 unspecified atom stereocenters. The van der Waals surface area contributed by atoms with Gasteiger partial charge in [-0.25, -0.2) is 0 Å². The molecular weight excluding hydrogens is 408 g/mol. The van der Waals surface area contributed by atoms with Crippen LogP contribution in [0.25, 0.3) is 17.1 Å². The van der Waals surface area contributed by atoms with E-state index in [2.05, 4.69) is 27.0 Å². The van der Waals surface area contributed by atoms with Crippen LogP contribution in [-0.4, -0.2) is 69.0 Å². The Morgan fingerprint density at radius 1 is 0.969 bits per heavy atom. The zero-order valence-corrected chi connectivity index (χ0v) is 18.5. The number of aromatic nitrogens is 3. The summed E-state index contributed by atoms with van der Waals surface area (Å²) in [6.45, 7) is 7.77. The minimum atomic E-state index is -0.728. The molecule has 0 aliphatic carbocycles. The minimum absolute atomic E-state index is 0.000954. The van der Waals surface area contributed by atoms with E-state index >= 15 is 0 Å². The molecule has 2 heterocycles. The molecule has 1 fully saturated rings. The average Bonchev–Trinajstić information content (AvgIpc) is 3.19. The van der Waals surface area contributed by atoms with Crippen LogP contribution in [0.15, 0.2) is 36.4 Å². The standard InChI is InChI=1S/C23H28N6O3/c1-14(2)17-12-18(20(31)13-19(17)30)22-25-26-23(21(24)32)29(22)16-6-4-15(5-7-16)28-10-8-27(3)9-11-28/h4-7,12-14,30-31H,8-11H2,1-3H3,(H2,24,32). The summed E-state index contributed by atoms with van der Waals surface area (Å²) in [6.07, 6.45) is 0. The van der Waals surface area contributed by atoms with E-state index in [1.54, 1.807) is 6.07 Å². The smallest absolute Gasteiger partial charge is 0.287 e. The maximum atomic E-state index is 12.1. The molecule has 9 nitrogen and oxygen atoms in total. The second-order valence-electron chi connectivity index (χ2n) is 8.44. The van der Waals surface area contributed by atoms with Crippen molar-refractivity contribution in [2.75, 3.05) is 38.1 Å². The predicted molar refractivity (Wildman–Crippen MR) is 122 cm³/mol. The Bertz CT molecular complexity index is 1130. The van der Waals surface area contributed by atoms with Crippen LogP contribution < -0.4 is 10.6 Å². The summed E-state index contributed by atoms with van der Waals surface area (Å²) in [6, 6.07) is 10.7. The number of carbonyl (C=O) groups excluding carboxylic acids is 1. The first-order valence-corrected chi connectivity index (χ1v) is 10.6. The maximum Gasteiger partial charge on any atom is 0.287 e. The van der Waals surface area contributed by atoms with Gasteiger partial charge >= 0.3 is 0 Å². The largest absolute Gasteiger partial charge is 0.508 e. The lowest BCUT2D eigenvalue weighted by atomic mass is 9.98. The topological polar surface area (TPSA) is 121 Å². The molecule has 3 aromatic rings. The van der Waals surface area contributed by atoms with Crippen molar-refractivity contribution in [2.24, 2.45) is 5.73 Å². The number of nitrogens with zero attached hydrogens (tertiary/aromatic N) is 5. The van der Waals surface area contributed by atoms with E-state index in [0.717, 1.165) is 31.9 Å². The van der Waals surface area contributed by atoms with Crippen molar-refractivity contribution in [2.45, 2.75) is 19.8 Å². The summed E-state index contributed by atoms with van der Waals surface area (Å²) in [5.74, 6) is -0.639. The van der Waals surface area contributed by atoms with E-state index in [1.807, 2.05) is 38.1 Å². The molecule has 1 aliphatic rings. The number of rotatable bonds is 5. The van der Waals surface area contributed by atoms with E-state index in [-0.39, 0.29) is 29.1 Å². The number of piperazine rings is 1. The molecule has 32 heavy (non-hydrogen) atoms. The van der Waals surface area contributed by atoms with Gasteiger partial charge < -0.3 is 25.7 Å². The Kier molecular flexibility index (Phi) is 5.75. The Hall–Kier alpha value is -3.59. The molecule has 0 spiro atoms. The lowest BCUT2D eigenvalue weighted by molar-refractivity contribution is 0.0988. The summed E-state index contributed by atoms with van der Waals surface area (Å²) in [5.41, 5.74) is 8.31. The molecule has 1 aliphatic heterocycles. The number of hydrogen-bond acceptors (Lipinski definition) is 7. The highest BCUT2D eigenvalue weighted by Gasteiger charge is 2.23. The molecule has 9 heteroatoms. The first-order chi connectivity index (χ1) is 15.3. The number of hydrogen-bond donors (Lipinski definition) is 3. The molecular formula is C23H28N6O3. The van der Waals surface area contributed by atoms with Crippen LogP contribution >= 0.6 is 0 Å². The van der Waals surface area contributed by atoms with Crippen LogP contribution in [0.4, 0.5) is 5.69 Å². The number of primary amides is 1. The fourth-order valence-corrected chi connectivity index (χ4v) is 3.98. The van der Waals surface area contributed by atoms with Crippen LogP contribution in [-0.2, 0) is 0 Å².